The maximum atomic E-state index is 4.65. The van der Waals surface area contributed by atoms with Crippen LogP contribution in [-0.4, -0.2) is 32.4 Å². The molecule has 0 atom stereocenters. The lowest BCUT2D eigenvalue weighted by molar-refractivity contribution is 0.279. The van der Waals surface area contributed by atoms with E-state index < -0.39 is 0 Å². The number of anilines is 3. The minimum absolute atomic E-state index is 0.430. The maximum absolute atomic E-state index is 4.65. The molecule has 1 N–H and O–H groups in total. The second-order valence-corrected chi connectivity index (χ2v) is 7.54. The van der Waals surface area contributed by atoms with E-state index in [2.05, 4.69) is 39.0 Å². The van der Waals surface area contributed by atoms with Crippen LogP contribution in [-0.2, 0) is 0 Å². The summed E-state index contributed by atoms with van der Waals surface area (Å²) >= 11 is 0. The maximum Gasteiger partial charge on any atom is 0.138 e. The Bertz CT molecular complexity index is 888. The van der Waals surface area contributed by atoms with E-state index in [1.165, 1.54) is 12.8 Å². The molecular formula is C19H24N6. The number of hydrogen-bond donors (Lipinski definition) is 1. The second kappa shape index (κ2) is 6.02. The molecule has 1 aliphatic rings. The lowest BCUT2D eigenvalue weighted by atomic mass is 9.83. The normalized spacial score (nSPS) is 17.0. The number of nitrogens with one attached hydrogen (secondary N) is 1. The molecule has 0 amide bonds. The lowest BCUT2D eigenvalue weighted by Crippen LogP contribution is -2.37. The number of pyridine rings is 1. The molecule has 1 aliphatic heterocycles. The summed E-state index contributed by atoms with van der Waals surface area (Å²) in [4.78, 5) is 15.9. The molecule has 0 aliphatic carbocycles. The van der Waals surface area contributed by atoms with Gasteiger partial charge in [0.25, 0.3) is 0 Å². The summed E-state index contributed by atoms with van der Waals surface area (Å²) in [5.74, 6) is 2.61. The number of nitrogens with zero attached hydrogens (tertiary/aromatic N) is 5. The van der Waals surface area contributed by atoms with Gasteiger partial charge in [-0.05, 0) is 31.2 Å². The van der Waals surface area contributed by atoms with Crippen molar-refractivity contribution in [2.24, 2.45) is 5.41 Å². The molecule has 0 aromatic carbocycles. The van der Waals surface area contributed by atoms with Gasteiger partial charge in [-0.1, -0.05) is 13.8 Å². The number of fused-ring (bicyclic) bond motifs is 1. The van der Waals surface area contributed by atoms with E-state index in [0.29, 0.717) is 5.41 Å². The van der Waals surface area contributed by atoms with Gasteiger partial charge < -0.3 is 14.6 Å². The summed E-state index contributed by atoms with van der Waals surface area (Å²) < 4.78 is 1.98. The van der Waals surface area contributed by atoms with Gasteiger partial charge in [0, 0.05) is 49.5 Å². The molecular weight excluding hydrogens is 312 g/mol. The average molecular weight is 336 g/mol. The van der Waals surface area contributed by atoms with Crippen LogP contribution in [0.5, 0.6) is 0 Å². The molecule has 1 fully saturated rings. The lowest BCUT2D eigenvalue weighted by Gasteiger charge is -2.37. The van der Waals surface area contributed by atoms with Crippen LogP contribution < -0.4 is 10.2 Å². The van der Waals surface area contributed by atoms with Gasteiger partial charge in [0.1, 0.15) is 23.1 Å². The van der Waals surface area contributed by atoms with E-state index in [4.69, 9.17) is 0 Å². The zero-order valence-corrected chi connectivity index (χ0v) is 15.0. The first-order valence-corrected chi connectivity index (χ1v) is 8.79. The van der Waals surface area contributed by atoms with Crippen molar-refractivity contribution in [3.05, 3.63) is 42.6 Å². The smallest absolute Gasteiger partial charge is 0.138 e. The highest BCUT2D eigenvalue weighted by molar-refractivity contribution is 5.63. The molecule has 3 aromatic heterocycles. The molecule has 0 bridgehead atoms. The highest BCUT2D eigenvalue weighted by Crippen LogP contribution is 2.32. The quantitative estimate of drug-likeness (QED) is 0.788. The predicted molar refractivity (Wildman–Crippen MR) is 100 cm³/mol. The molecule has 0 spiro atoms. The van der Waals surface area contributed by atoms with Gasteiger partial charge in [-0.25, -0.2) is 15.0 Å². The molecule has 4 heterocycles. The molecule has 0 radical (unpaired) electrons. The van der Waals surface area contributed by atoms with Crippen LogP contribution in [0.25, 0.3) is 5.65 Å². The van der Waals surface area contributed by atoms with Gasteiger partial charge in [-0.15, -0.1) is 0 Å². The van der Waals surface area contributed by atoms with Gasteiger partial charge in [0.15, 0.2) is 0 Å². The van der Waals surface area contributed by atoms with Crippen molar-refractivity contribution in [3.8, 4) is 0 Å². The first-order chi connectivity index (χ1) is 12.0. The van der Waals surface area contributed by atoms with Crippen LogP contribution in [0.15, 0.2) is 36.8 Å². The summed E-state index contributed by atoms with van der Waals surface area (Å²) in [6.45, 7) is 8.72. The minimum atomic E-state index is 0.430. The molecule has 6 heteroatoms. The van der Waals surface area contributed by atoms with Crippen LogP contribution in [0.1, 0.15) is 32.5 Å². The van der Waals surface area contributed by atoms with E-state index in [1.54, 1.807) is 6.20 Å². The summed E-state index contributed by atoms with van der Waals surface area (Å²) in [7, 11) is 0. The zero-order valence-electron chi connectivity index (χ0n) is 15.0. The van der Waals surface area contributed by atoms with E-state index in [0.717, 1.165) is 41.9 Å². The Morgan fingerprint density at radius 3 is 2.68 bits per heavy atom. The average Bonchev–Trinajstić information content (AvgIpc) is 3.02. The van der Waals surface area contributed by atoms with Crippen LogP contribution in [0, 0.1) is 12.3 Å². The van der Waals surface area contributed by atoms with Crippen molar-refractivity contribution >= 4 is 23.0 Å². The number of piperidine rings is 1. The van der Waals surface area contributed by atoms with Gasteiger partial charge in [0.05, 0.1) is 0 Å². The van der Waals surface area contributed by atoms with E-state index in [1.807, 2.05) is 41.9 Å². The second-order valence-electron chi connectivity index (χ2n) is 7.54. The molecule has 0 saturated carbocycles. The topological polar surface area (TPSA) is 58.4 Å². The molecule has 6 nitrogen and oxygen atoms in total. The van der Waals surface area contributed by atoms with Crippen molar-refractivity contribution in [1.82, 2.24) is 19.4 Å². The zero-order chi connectivity index (χ0) is 17.4. The van der Waals surface area contributed by atoms with Gasteiger partial charge in [0.2, 0.25) is 0 Å². The van der Waals surface area contributed by atoms with Crippen molar-refractivity contribution < 1.29 is 0 Å². The standard InChI is InChI=1S/C19H24N6/c1-14-21-16(23-15-4-8-24-11-7-20-17(24)12-15)13-18(22-14)25-9-5-19(2,3)6-10-25/h4,7-8,11-13H,5-6,9-10H2,1-3H3,(H,21,22,23). The summed E-state index contributed by atoms with van der Waals surface area (Å²) in [6.07, 6.45) is 8.10. The predicted octanol–water partition coefficient (Wildman–Crippen LogP) is 3.80. The number of aryl methyl sites for hydroxylation is 1. The fourth-order valence-corrected chi connectivity index (χ4v) is 3.25. The number of imidazole rings is 1. The van der Waals surface area contributed by atoms with Crippen LogP contribution >= 0.6 is 0 Å². The molecule has 1 saturated heterocycles. The Labute approximate surface area is 147 Å². The summed E-state index contributed by atoms with van der Waals surface area (Å²) in [5, 5.41) is 3.39. The van der Waals surface area contributed by atoms with Crippen molar-refractivity contribution in [2.75, 3.05) is 23.3 Å². The minimum Gasteiger partial charge on any atom is -0.356 e. The third kappa shape index (κ3) is 3.43. The Kier molecular flexibility index (Phi) is 3.82. The third-order valence-electron chi connectivity index (χ3n) is 4.94. The molecule has 0 unspecified atom stereocenters. The Balaban J connectivity index is 1.57. The largest absolute Gasteiger partial charge is 0.356 e. The molecule has 25 heavy (non-hydrogen) atoms. The fraction of sp³-hybridized carbons (Fsp3) is 0.421. The molecule has 130 valence electrons. The van der Waals surface area contributed by atoms with E-state index in [9.17, 15) is 0 Å². The summed E-state index contributed by atoms with van der Waals surface area (Å²) in [5.41, 5.74) is 2.32. The molecule has 4 rings (SSSR count). The Morgan fingerprint density at radius 1 is 1.08 bits per heavy atom. The first-order valence-electron chi connectivity index (χ1n) is 8.79. The highest BCUT2D eigenvalue weighted by Gasteiger charge is 2.26. The van der Waals surface area contributed by atoms with Crippen LogP contribution in [0.4, 0.5) is 17.3 Å². The van der Waals surface area contributed by atoms with Gasteiger partial charge in [-0.3, -0.25) is 0 Å². The fourth-order valence-electron chi connectivity index (χ4n) is 3.25. The van der Waals surface area contributed by atoms with Crippen molar-refractivity contribution in [1.29, 1.82) is 0 Å². The van der Waals surface area contributed by atoms with Crippen LogP contribution in [0.2, 0.25) is 0 Å². The van der Waals surface area contributed by atoms with Crippen molar-refractivity contribution in [2.45, 2.75) is 33.6 Å². The van der Waals surface area contributed by atoms with Gasteiger partial charge >= 0.3 is 0 Å². The Morgan fingerprint density at radius 2 is 1.88 bits per heavy atom. The molecule has 3 aromatic rings. The monoisotopic (exact) mass is 336 g/mol. The highest BCUT2D eigenvalue weighted by atomic mass is 15.2. The number of rotatable bonds is 3. The van der Waals surface area contributed by atoms with Crippen LogP contribution in [0.3, 0.4) is 0 Å². The first kappa shape index (κ1) is 15.9. The van der Waals surface area contributed by atoms with Crippen molar-refractivity contribution in [3.63, 3.8) is 0 Å². The number of aromatic nitrogens is 4. The SMILES string of the molecule is Cc1nc(Nc2ccn3ccnc3c2)cc(N2CCC(C)(C)CC2)n1. The third-order valence-corrected chi connectivity index (χ3v) is 4.94. The number of hydrogen-bond acceptors (Lipinski definition) is 5. The van der Waals surface area contributed by atoms with E-state index >= 15 is 0 Å². The van der Waals surface area contributed by atoms with Gasteiger partial charge in [-0.2, -0.15) is 0 Å². The Hall–Kier alpha value is -2.63. The summed E-state index contributed by atoms with van der Waals surface area (Å²) in [6, 6.07) is 6.08. The van der Waals surface area contributed by atoms with E-state index in [-0.39, 0.29) is 0 Å².